The van der Waals surface area contributed by atoms with Crippen molar-refractivity contribution in [2.24, 2.45) is 0 Å². The van der Waals surface area contributed by atoms with Crippen molar-refractivity contribution in [1.29, 1.82) is 0 Å². The van der Waals surface area contributed by atoms with Gasteiger partial charge in [-0.05, 0) is 20.0 Å². The Balaban J connectivity index is 2.67. The highest BCUT2D eigenvalue weighted by Gasteiger charge is 2.21. The number of hydrogen-bond acceptors (Lipinski definition) is 6. The molecule has 1 aromatic carbocycles. The van der Waals surface area contributed by atoms with Crippen LogP contribution in [-0.4, -0.2) is 37.2 Å². The van der Waals surface area contributed by atoms with Gasteiger partial charge < -0.3 is 14.8 Å². The molecule has 0 aliphatic heterocycles. The van der Waals surface area contributed by atoms with Gasteiger partial charge in [0, 0.05) is 12.5 Å². The quantitative estimate of drug-likeness (QED) is 0.446. The molecule has 0 saturated carbocycles. The standard InChI is InChI=1S/C13H17FN2O5/c1-3-20-13(17)10(15-2)7-8-21-12-9(14)5-4-6-11(12)16(18)19/h4-6,10,15H,3,7-8H2,1-2H3. The van der Waals surface area contributed by atoms with E-state index < -0.39 is 34.2 Å². The number of nitrogens with zero attached hydrogens (tertiary/aromatic N) is 1. The van der Waals surface area contributed by atoms with Crippen LogP contribution < -0.4 is 10.1 Å². The minimum Gasteiger partial charge on any atom is -0.485 e. The van der Waals surface area contributed by atoms with Crippen molar-refractivity contribution in [1.82, 2.24) is 5.32 Å². The molecule has 8 heteroatoms. The predicted molar refractivity (Wildman–Crippen MR) is 72.6 cm³/mol. The molecule has 0 aliphatic rings. The minimum atomic E-state index is -0.818. The molecule has 7 nitrogen and oxygen atoms in total. The van der Waals surface area contributed by atoms with E-state index in [0.29, 0.717) is 0 Å². The van der Waals surface area contributed by atoms with Crippen molar-refractivity contribution in [3.63, 3.8) is 0 Å². The molecule has 0 aromatic heterocycles. The number of benzene rings is 1. The summed E-state index contributed by atoms with van der Waals surface area (Å²) in [5.74, 6) is -1.70. The van der Waals surface area contributed by atoms with Crippen molar-refractivity contribution < 1.29 is 23.6 Å². The number of nitrogens with one attached hydrogen (secondary N) is 1. The lowest BCUT2D eigenvalue weighted by molar-refractivity contribution is -0.386. The molecule has 0 aliphatic carbocycles. The summed E-state index contributed by atoms with van der Waals surface area (Å²) in [5.41, 5.74) is -0.452. The number of nitro groups is 1. The fraction of sp³-hybridized carbons (Fsp3) is 0.462. The summed E-state index contributed by atoms with van der Waals surface area (Å²) in [6.07, 6.45) is 0.195. The molecular weight excluding hydrogens is 283 g/mol. The van der Waals surface area contributed by atoms with Crippen LogP contribution in [0.25, 0.3) is 0 Å². The molecule has 116 valence electrons. The number of rotatable bonds is 8. The first-order valence-corrected chi connectivity index (χ1v) is 6.40. The van der Waals surface area contributed by atoms with Gasteiger partial charge in [0.15, 0.2) is 5.82 Å². The predicted octanol–water partition coefficient (Wildman–Crippen LogP) is 1.65. The van der Waals surface area contributed by atoms with Gasteiger partial charge in [0.2, 0.25) is 5.75 Å². The molecule has 0 radical (unpaired) electrons. The fourth-order valence-corrected chi connectivity index (χ4v) is 1.69. The van der Waals surface area contributed by atoms with Gasteiger partial charge in [-0.2, -0.15) is 0 Å². The van der Waals surface area contributed by atoms with E-state index in [-0.39, 0.29) is 19.6 Å². The number of hydrogen-bond donors (Lipinski definition) is 1. The summed E-state index contributed by atoms with van der Waals surface area (Å²) in [6, 6.07) is 2.84. The van der Waals surface area contributed by atoms with Crippen molar-refractivity contribution in [3.8, 4) is 5.75 Å². The Morgan fingerprint density at radius 2 is 2.24 bits per heavy atom. The molecule has 0 bridgehead atoms. The number of carbonyl (C=O) groups excluding carboxylic acids is 1. The summed E-state index contributed by atoms with van der Waals surface area (Å²) in [6.45, 7) is 1.87. The zero-order valence-corrected chi connectivity index (χ0v) is 11.8. The van der Waals surface area contributed by atoms with Crippen LogP contribution >= 0.6 is 0 Å². The minimum absolute atomic E-state index is 0.0634. The highest BCUT2D eigenvalue weighted by molar-refractivity contribution is 5.75. The fourth-order valence-electron chi connectivity index (χ4n) is 1.69. The van der Waals surface area contributed by atoms with Gasteiger partial charge in [0.05, 0.1) is 18.1 Å². The first-order valence-electron chi connectivity index (χ1n) is 6.40. The Morgan fingerprint density at radius 1 is 1.52 bits per heavy atom. The molecule has 1 atom stereocenters. The second-order valence-corrected chi connectivity index (χ2v) is 4.08. The second kappa shape index (κ2) is 8.15. The Labute approximate surface area is 121 Å². The third-order valence-electron chi connectivity index (χ3n) is 2.72. The number of esters is 1. The van der Waals surface area contributed by atoms with E-state index in [1.165, 1.54) is 6.07 Å². The van der Waals surface area contributed by atoms with Crippen LogP contribution in [0.5, 0.6) is 5.75 Å². The Bertz CT molecular complexity index is 509. The largest absolute Gasteiger partial charge is 0.485 e. The Hall–Kier alpha value is -2.22. The molecule has 1 unspecified atom stereocenters. The number of nitro benzene ring substituents is 1. The highest BCUT2D eigenvalue weighted by Crippen LogP contribution is 2.29. The van der Waals surface area contributed by atoms with Gasteiger partial charge in [0.1, 0.15) is 6.04 Å². The third-order valence-corrected chi connectivity index (χ3v) is 2.72. The van der Waals surface area contributed by atoms with Crippen molar-refractivity contribution in [3.05, 3.63) is 34.1 Å². The zero-order valence-electron chi connectivity index (χ0n) is 11.8. The number of likely N-dealkylation sites (N-methyl/N-ethyl adjacent to an activating group) is 1. The summed E-state index contributed by atoms with van der Waals surface area (Å²) in [5, 5.41) is 13.5. The maximum atomic E-state index is 13.6. The van der Waals surface area contributed by atoms with Crippen molar-refractivity contribution >= 4 is 11.7 Å². The van der Waals surface area contributed by atoms with E-state index in [1.54, 1.807) is 14.0 Å². The van der Waals surface area contributed by atoms with Crippen LogP contribution in [0.4, 0.5) is 10.1 Å². The van der Waals surface area contributed by atoms with Crippen molar-refractivity contribution in [2.75, 3.05) is 20.3 Å². The van der Waals surface area contributed by atoms with Gasteiger partial charge >= 0.3 is 11.7 Å². The first-order chi connectivity index (χ1) is 10.0. The zero-order chi connectivity index (χ0) is 15.8. The van der Waals surface area contributed by atoms with Gasteiger partial charge in [-0.3, -0.25) is 14.9 Å². The number of ether oxygens (including phenoxy) is 2. The van der Waals surface area contributed by atoms with Crippen LogP contribution in [0.3, 0.4) is 0 Å². The summed E-state index contributed by atoms with van der Waals surface area (Å²) in [4.78, 5) is 21.6. The van der Waals surface area contributed by atoms with E-state index >= 15 is 0 Å². The maximum absolute atomic E-state index is 13.6. The molecular formula is C13H17FN2O5. The van der Waals surface area contributed by atoms with E-state index in [4.69, 9.17) is 9.47 Å². The summed E-state index contributed by atoms with van der Waals surface area (Å²) in [7, 11) is 1.58. The average molecular weight is 300 g/mol. The van der Waals surface area contributed by atoms with Gasteiger partial charge in [0.25, 0.3) is 0 Å². The lowest BCUT2D eigenvalue weighted by Gasteiger charge is -2.15. The van der Waals surface area contributed by atoms with Crippen LogP contribution in [-0.2, 0) is 9.53 Å². The normalized spacial score (nSPS) is 11.8. The van der Waals surface area contributed by atoms with Crippen LogP contribution in [0.1, 0.15) is 13.3 Å². The van der Waals surface area contributed by atoms with E-state index in [0.717, 1.165) is 12.1 Å². The van der Waals surface area contributed by atoms with Gasteiger partial charge in [-0.25, -0.2) is 4.39 Å². The Kier molecular flexibility index (Phi) is 6.54. The molecule has 0 heterocycles. The molecule has 21 heavy (non-hydrogen) atoms. The summed E-state index contributed by atoms with van der Waals surface area (Å²) < 4.78 is 23.5. The summed E-state index contributed by atoms with van der Waals surface area (Å²) >= 11 is 0. The maximum Gasteiger partial charge on any atom is 0.323 e. The number of carbonyl (C=O) groups is 1. The van der Waals surface area contributed by atoms with Crippen LogP contribution in [0.15, 0.2) is 18.2 Å². The molecule has 0 saturated heterocycles. The monoisotopic (exact) mass is 300 g/mol. The van der Waals surface area contributed by atoms with Crippen LogP contribution in [0.2, 0.25) is 0 Å². The molecule has 1 rings (SSSR count). The number of halogens is 1. The van der Waals surface area contributed by atoms with Crippen molar-refractivity contribution in [2.45, 2.75) is 19.4 Å². The van der Waals surface area contributed by atoms with E-state index in [9.17, 15) is 19.3 Å². The van der Waals surface area contributed by atoms with E-state index in [2.05, 4.69) is 5.32 Å². The second-order valence-electron chi connectivity index (χ2n) is 4.08. The topological polar surface area (TPSA) is 90.7 Å². The van der Waals surface area contributed by atoms with E-state index in [1.807, 2.05) is 0 Å². The molecule has 0 fully saturated rings. The molecule has 1 N–H and O–H groups in total. The van der Waals surface area contributed by atoms with Crippen LogP contribution in [0, 0.1) is 15.9 Å². The first kappa shape index (κ1) is 16.8. The average Bonchev–Trinajstić information content (AvgIpc) is 2.44. The molecule has 0 amide bonds. The molecule has 0 spiro atoms. The lowest BCUT2D eigenvalue weighted by atomic mass is 10.2. The molecule has 1 aromatic rings. The third kappa shape index (κ3) is 4.67. The Morgan fingerprint density at radius 3 is 2.81 bits per heavy atom. The number of para-hydroxylation sites is 1. The van der Waals surface area contributed by atoms with Gasteiger partial charge in [-0.1, -0.05) is 6.07 Å². The SMILES string of the molecule is CCOC(=O)C(CCOc1c(F)cccc1[N+](=O)[O-])NC. The highest BCUT2D eigenvalue weighted by atomic mass is 19.1. The smallest absolute Gasteiger partial charge is 0.323 e. The lowest BCUT2D eigenvalue weighted by Crippen LogP contribution is -2.36. The van der Waals surface area contributed by atoms with Gasteiger partial charge in [-0.15, -0.1) is 0 Å².